The Morgan fingerprint density at radius 3 is 2.71 bits per heavy atom. The Balaban J connectivity index is 1.81. The van der Waals surface area contributed by atoms with E-state index in [0.717, 1.165) is 18.9 Å². The van der Waals surface area contributed by atoms with Crippen LogP contribution in [-0.2, 0) is 21.3 Å². The summed E-state index contributed by atoms with van der Waals surface area (Å²) in [7, 11) is -3.73. The zero-order valence-corrected chi connectivity index (χ0v) is 12.5. The first kappa shape index (κ1) is 14.9. The first-order valence-corrected chi connectivity index (χ1v) is 8.65. The molecule has 3 rings (SSSR count). The average molecular weight is 314 g/mol. The topological polar surface area (TPSA) is 67.4 Å². The summed E-state index contributed by atoms with van der Waals surface area (Å²) in [5.41, 5.74) is 0.592. The van der Waals surface area contributed by atoms with E-state index in [1.54, 1.807) is 0 Å². The lowest BCUT2D eigenvalue weighted by Gasteiger charge is -2.15. The minimum absolute atomic E-state index is 0.0163. The maximum Gasteiger partial charge on any atom is 0.241 e. The Bertz CT molecular complexity index is 611. The summed E-state index contributed by atoms with van der Waals surface area (Å²) < 4.78 is 46.1. The molecule has 0 spiro atoms. The molecule has 1 saturated heterocycles. The second kappa shape index (κ2) is 6.00. The number of hydrogen-bond acceptors (Lipinski definition) is 4. The van der Waals surface area contributed by atoms with Crippen LogP contribution in [-0.4, -0.2) is 33.7 Å². The molecule has 5 nitrogen and oxygen atoms in total. The maximum absolute atomic E-state index is 13.5. The van der Waals surface area contributed by atoms with Crippen molar-refractivity contribution in [1.29, 1.82) is 0 Å². The van der Waals surface area contributed by atoms with Crippen molar-refractivity contribution >= 4 is 10.0 Å². The summed E-state index contributed by atoms with van der Waals surface area (Å²) in [6.45, 7) is 1.35. The second-order valence-electron chi connectivity index (χ2n) is 5.59. The lowest BCUT2D eigenvalue weighted by Crippen LogP contribution is -2.35. The van der Waals surface area contributed by atoms with Gasteiger partial charge in [0.15, 0.2) is 0 Å². The third kappa shape index (κ3) is 3.79. The number of rotatable bonds is 6. The van der Waals surface area contributed by atoms with E-state index >= 15 is 0 Å². The largest absolute Gasteiger partial charge is 0.380 e. The van der Waals surface area contributed by atoms with Crippen molar-refractivity contribution in [2.75, 3.05) is 13.2 Å². The standard InChI is InChI=1S/C14H19FN2O3S/c15-11-2-1-10(8-16-12-3-4-12)14(7-11)21(18,19)17-13-5-6-20-9-13/h1-2,7,12-13,16-17H,3-6,8-9H2. The van der Waals surface area contributed by atoms with Crippen LogP contribution in [0.1, 0.15) is 24.8 Å². The Labute approximate surface area is 123 Å². The molecule has 0 bridgehead atoms. The second-order valence-corrected chi connectivity index (χ2v) is 7.27. The van der Waals surface area contributed by atoms with E-state index in [1.807, 2.05) is 0 Å². The predicted molar refractivity (Wildman–Crippen MR) is 75.8 cm³/mol. The van der Waals surface area contributed by atoms with Crippen LogP contribution >= 0.6 is 0 Å². The molecule has 1 unspecified atom stereocenters. The van der Waals surface area contributed by atoms with Crippen LogP contribution in [0.5, 0.6) is 0 Å². The summed E-state index contributed by atoms with van der Waals surface area (Å²) in [4.78, 5) is 0.0163. The monoisotopic (exact) mass is 314 g/mol. The molecule has 21 heavy (non-hydrogen) atoms. The lowest BCUT2D eigenvalue weighted by molar-refractivity contribution is 0.192. The highest BCUT2D eigenvalue weighted by molar-refractivity contribution is 7.89. The number of ether oxygens (including phenoxy) is 1. The SMILES string of the molecule is O=S(=O)(NC1CCOC1)c1cc(F)ccc1CNC1CC1. The van der Waals surface area contributed by atoms with Gasteiger partial charge in [0.1, 0.15) is 5.82 Å². The van der Waals surface area contributed by atoms with Crippen LogP contribution in [0.25, 0.3) is 0 Å². The van der Waals surface area contributed by atoms with Gasteiger partial charge in [-0.05, 0) is 37.0 Å². The van der Waals surface area contributed by atoms with E-state index < -0.39 is 15.8 Å². The Morgan fingerprint density at radius 1 is 1.24 bits per heavy atom. The highest BCUT2D eigenvalue weighted by Gasteiger charge is 2.27. The molecule has 1 aliphatic carbocycles. The number of halogens is 1. The van der Waals surface area contributed by atoms with Gasteiger partial charge in [0.2, 0.25) is 10.0 Å². The molecule has 2 aliphatic rings. The van der Waals surface area contributed by atoms with Gasteiger partial charge in [-0.3, -0.25) is 0 Å². The smallest absolute Gasteiger partial charge is 0.241 e. The van der Waals surface area contributed by atoms with Gasteiger partial charge < -0.3 is 10.1 Å². The normalized spacial score (nSPS) is 22.6. The summed E-state index contributed by atoms with van der Waals surface area (Å²) >= 11 is 0. The first-order valence-electron chi connectivity index (χ1n) is 7.16. The highest BCUT2D eigenvalue weighted by Crippen LogP contribution is 2.22. The molecule has 2 fully saturated rings. The molecule has 1 saturated carbocycles. The zero-order chi connectivity index (χ0) is 14.9. The van der Waals surface area contributed by atoms with Crippen molar-refractivity contribution in [1.82, 2.24) is 10.0 Å². The average Bonchev–Trinajstić information content (AvgIpc) is 3.14. The van der Waals surface area contributed by atoms with Crippen molar-refractivity contribution in [2.24, 2.45) is 0 Å². The van der Waals surface area contributed by atoms with Crippen LogP contribution < -0.4 is 10.0 Å². The van der Waals surface area contributed by atoms with Gasteiger partial charge in [0.25, 0.3) is 0 Å². The van der Waals surface area contributed by atoms with Crippen molar-refractivity contribution in [3.8, 4) is 0 Å². The molecule has 1 heterocycles. The van der Waals surface area contributed by atoms with Gasteiger partial charge in [-0.25, -0.2) is 17.5 Å². The minimum Gasteiger partial charge on any atom is -0.380 e. The molecule has 116 valence electrons. The summed E-state index contributed by atoms with van der Waals surface area (Å²) in [5, 5.41) is 3.26. The van der Waals surface area contributed by atoms with Gasteiger partial charge >= 0.3 is 0 Å². The molecule has 1 aromatic rings. The van der Waals surface area contributed by atoms with E-state index in [9.17, 15) is 12.8 Å². The fraction of sp³-hybridized carbons (Fsp3) is 0.571. The lowest BCUT2D eigenvalue weighted by atomic mass is 10.2. The minimum atomic E-state index is -3.73. The van der Waals surface area contributed by atoms with Crippen LogP contribution in [0, 0.1) is 5.82 Å². The molecule has 0 amide bonds. The van der Waals surface area contributed by atoms with Crippen LogP contribution in [0.3, 0.4) is 0 Å². The van der Waals surface area contributed by atoms with Crippen molar-refractivity contribution in [3.05, 3.63) is 29.6 Å². The Hall–Kier alpha value is -1.02. The number of sulfonamides is 1. The molecule has 1 aliphatic heterocycles. The van der Waals surface area contributed by atoms with Gasteiger partial charge in [0.05, 0.1) is 11.5 Å². The maximum atomic E-state index is 13.5. The fourth-order valence-corrected chi connectivity index (χ4v) is 3.88. The van der Waals surface area contributed by atoms with E-state index in [1.165, 1.54) is 12.1 Å². The number of nitrogens with one attached hydrogen (secondary N) is 2. The Morgan fingerprint density at radius 2 is 2.05 bits per heavy atom. The zero-order valence-electron chi connectivity index (χ0n) is 11.6. The van der Waals surface area contributed by atoms with E-state index in [-0.39, 0.29) is 10.9 Å². The summed E-state index contributed by atoms with van der Waals surface area (Å²) in [6, 6.07) is 4.14. The van der Waals surface area contributed by atoms with Gasteiger partial charge in [-0.15, -0.1) is 0 Å². The highest BCUT2D eigenvalue weighted by atomic mass is 32.2. The third-order valence-corrected chi connectivity index (χ3v) is 5.33. The van der Waals surface area contributed by atoms with Crippen molar-refractivity contribution in [3.63, 3.8) is 0 Å². The van der Waals surface area contributed by atoms with E-state index in [0.29, 0.717) is 37.8 Å². The molecule has 1 atom stereocenters. The molecular weight excluding hydrogens is 295 g/mol. The molecular formula is C14H19FN2O3S. The number of hydrogen-bond donors (Lipinski definition) is 2. The van der Waals surface area contributed by atoms with Gasteiger partial charge in [-0.2, -0.15) is 0 Å². The van der Waals surface area contributed by atoms with Crippen molar-refractivity contribution < 1.29 is 17.5 Å². The van der Waals surface area contributed by atoms with E-state index in [2.05, 4.69) is 10.0 Å². The molecule has 0 radical (unpaired) electrons. The van der Waals surface area contributed by atoms with Crippen LogP contribution in [0.2, 0.25) is 0 Å². The molecule has 0 aromatic heterocycles. The van der Waals surface area contributed by atoms with Gasteiger partial charge in [0, 0.05) is 25.2 Å². The molecule has 2 N–H and O–H groups in total. The summed E-state index contributed by atoms with van der Waals surface area (Å²) in [5.74, 6) is -0.548. The van der Waals surface area contributed by atoms with Crippen LogP contribution in [0.4, 0.5) is 4.39 Å². The Kier molecular flexibility index (Phi) is 4.26. The molecule has 7 heteroatoms. The van der Waals surface area contributed by atoms with Crippen molar-refractivity contribution in [2.45, 2.75) is 42.8 Å². The fourth-order valence-electron chi connectivity index (χ4n) is 2.38. The van der Waals surface area contributed by atoms with Crippen LogP contribution in [0.15, 0.2) is 23.1 Å². The predicted octanol–water partition coefficient (Wildman–Crippen LogP) is 1.14. The van der Waals surface area contributed by atoms with Gasteiger partial charge in [-0.1, -0.05) is 6.07 Å². The number of benzene rings is 1. The summed E-state index contributed by atoms with van der Waals surface area (Å²) in [6.07, 6.45) is 2.87. The third-order valence-electron chi connectivity index (χ3n) is 3.73. The molecule has 1 aromatic carbocycles. The quantitative estimate of drug-likeness (QED) is 0.826. The van der Waals surface area contributed by atoms with E-state index in [4.69, 9.17) is 4.74 Å². The first-order chi connectivity index (χ1) is 10.0.